The Hall–Kier alpha value is -1.14. The second kappa shape index (κ2) is 5.00. The van der Waals surface area contributed by atoms with E-state index < -0.39 is 0 Å². The summed E-state index contributed by atoms with van der Waals surface area (Å²) in [7, 11) is 0. The van der Waals surface area contributed by atoms with Gasteiger partial charge in [-0.2, -0.15) is 5.10 Å². The first-order valence-electron chi connectivity index (χ1n) is 7.17. The molecule has 6 heteroatoms. The largest absolute Gasteiger partial charge is 0.444 e. The number of aryl methyl sites for hydroxylation is 2. The molecule has 0 unspecified atom stereocenters. The molecule has 3 heterocycles. The minimum atomic E-state index is 0.478. The van der Waals surface area contributed by atoms with Crippen LogP contribution in [0.3, 0.4) is 0 Å². The van der Waals surface area contributed by atoms with Crippen LogP contribution in [0.5, 0.6) is 0 Å². The average molecular weight is 337 g/mol. The fourth-order valence-corrected chi connectivity index (χ4v) is 3.32. The van der Waals surface area contributed by atoms with E-state index in [4.69, 9.17) is 4.42 Å². The Morgan fingerprint density at radius 3 is 2.90 bits per heavy atom. The lowest BCUT2D eigenvalue weighted by Gasteiger charge is -2.38. The first kappa shape index (κ1) is 12.6. The van der Waals surface area contributed by atoms with Crippen molar-refractivity contribution in [3.63, 3.8) is 0 Å². The molecule has 20 heavy (non-hydrogen) atoms. The van der Waals surface area contributed by atoms with Crippen LogP contribution >= 0.6 is 15.9 Å². The summed E-state index contributed by atoms with van der Waals surface area (Å²) < 4.78 is 8.94. The molecule has 2 aromatic rings. The van der Waals surface area contributed by atoms with Crippen LogP contribution in [0, 0.1) is 0 Å². The maximum Gasteiger partial charge on any atom is 0.208 e. The maximum absolute atomic E-state index is 5.87. The van der Waals surface area contributed by atoms with E-state index in [1.54, 1.807) is 0 Å². The summed E-state index contributed by atoms with van der Waals surface area (Å²) in [5, 5.41) is 4.34. The molecule has 1 saturated heterocycles. The van der Waals surface area contributed by atoms with Crippen molar-refractivity contribution < 1.29 is 4.42 Å². The number of aromatic nitrogens is 3. The summed E-state index contributed by atoms with van der Waals surface area (Å²) >= 11 is 3.43. The average Bonchev–Trinajstić information content (AvgIpc) is 2.98. The zero-order valence-corrected chi connectivity index (χ0v) is 12.8. The van der Waals surface area contributed by atoms with E-state index in [1.807, 2.05) is 17.1 Å². The van der Waals surface area contributed by atoms with Gasteiger partial charge in [0.25, 0.3) is 0 Å². The zero-order chi connectivity index (χ0) is 13.5. The van der Waals surface area contributed by atoms with Crippen LogP contribution in [0.15, 0.2) is 21.3 Å². The number of rotatable bonds is 3. The predicted molar refractivity (Wildman–Crippen MR) is 77.4 cm³/mol. The lowest BCUT2D eigenvalue weighted by Crippen LogP contribution is -2.47. The van der Waals surface area contributed by atoms with E-state index in [0.29, 0.717) is 6.04 Å². The zero-order valence-electron chi connectivity index (χ0n) is 11.3. The van der Waals surface area contributed by atoms with Gasteiger partial charge < -0.3 is 4.42 Å². The van der Waals surface area contributed by atoms with E-state index in [1.165, 1.54) is 18.5 Å². The third-order valence-electron chi connectivity index (χ3n) is 4.13. The molecule has 1 aliphatic carbocycles. The van der Waals surface area contributed by atoms with E-state index in [0.717, 1.165) is 48.6 Å². The summed E-state index contributed by atoms with van der Waals surface area (Å²) in [6.07, 6.45) is 8.51. The second-order valence-electron chi connectivity index (χ2n) is 5.67. The fourth-order valence-electron chi connectivity index (χ4n) is 3.02. The Balaban J connectivity index is 1.36. The van der Waals surface area contributed by atoms with Crippen molar-refractivity contribution in [1.29, 1.82) is 0 Å². The number of hydrogen-bond donors (Lipinski definition) is 0. The highest BCUT2D eigenvalue weighted by atomic mass is 79.9. The molecule has 0 amide bonds. The molecule has 4 rings (SSSR count). The van der Waals surface area contributed by atoms with Gasteiger partial charge >= 0.3 is 0 Å². The van der Waals surface area contributed by atoms with Crippen molar-refractivity contribution >= 4 is 15.9 Å². The van der Waals surface area contributed by atoms with Crippen molar-refractivity contribution in [2.45, 2.75) is 38.3 Å². The van der Waals surface area contributed by atoms with Crippen LogP contribution < -0.4 is 0 Å². The first-order chi connectivity index (χ1) is 9.78. The molecular weight excluding hydrogens is 320 g/mol. The molecule has 0 aromatic carbocycles. The summed E-state index contributed by atoms with van der Waals surface area (Å²) in [5.41, 5.74) is 1.19. The molecule has 0 saturated carbocycles. The van der Waals surface area contributed by atoms with Crippen LogP contribution in [-0.2, 0) is 19.4 Å². The van der Waals surface area contributed by atoms with Gasteiger partial charge in [-0.15, -0.1) is 0 Å². The Kier molecular flexibility index (Phi) is 3.15. The summed E-state index contributed by atoms with van der Waals surface area (Å²) in [4.78, 5) is 6.99. The number of halogens is 1. The molecule has 0 atom stereocenters. The lowest BCUT2D eigenvalue weighted by molar-refractivity contribution is 0.0810. The SMILES string of the molecule is Brc1cnn(C2CN(Cc3nc4c(o3)CCCC4)C2)c1. The fraction of sp³-hybridized carbons (Fsp3) is 0.571. The van der Waals surface area contributed by atoms with Crippen molar-refractivity contribution in [1.82, 2.24) is 19.7 Å². The third-order valence-corrected chi connectivity index (χ3v) is 4.54. The summed E-state index contributed by atoms with van der Waals surface area (Å²) in [5.74, 6) is 2.01. The molecule has 1 fully saturated rings. The van der Waals surface area contributed by atoms with Crippen LogP contribution in [0.1, 0.15) is 36.2 Å². The second-order valence-corrected chi connectivity index (χ2v) is 6.59. The van der Waals surface area contributed by atoms with Crippen LogP contribution in [0.4, 0.5) is 0 Å². The Morgan fingerprint density at radius 2 is 2.15 bits per heavy atom. The number of oxazole rings is 1. The highest BCUT2D eigenvalue weighted by Gasteiger charge is 2.30. The third kappa shape index (κ3) is 2.31. The van der Waals surface area contributed by atoms with E-state index in [-0.39, 0.29) is 0 Å². The van der Waals surface area contributed by atoms with Crippen molar-refractivity contribution in [3.8, 4) is 0 Å². The smallest absolute Gasteiger partial charge is 0.208 e. The normalized spacial score (nSPS) is 19.9. The predicted octanol–water partition coefficient (Wildman–Crippen LogP) is 2.57. The summed E-state index contributed by atoms with van der Waals surface area (Å²) in [6, 6.07) is 0.478. The minimum Gasteiger partial charge on any atom is -0.444 e. The Labute approximate surface area is 126 Å². The number of nitrogens with zero attached hydrogens (tertiary/aromatic N) is 4. The number of hydrogen-bond acceptors (Lipinski definition) is 4. The van der Waals surface area contributed by atoms with E-state index in [2.05, 4.69) is 30.9 Å². The topological polar surface area (TPSA) is 47.1 Å². The quantitative estimate of drug-likeness (QED) is 0.864. The van der Waals surface area contributed by atoms with Crippen LogP contribution in [0.2, 0.25) is 0 Å². The van der Waals surface area contributed by atoms with Crippen molar-refractivity contribution in [2.75, 3.05) is 13.1 Å². The van der Waals surface area contributed by atoms with Crippen molar-refractivity contribution in [3.05, 3.63) is 34.2 Å². The maximum atomic E-state index is 5.87. The van der Waals surface area contributed by atoms with Gasteiger partial charge in [0.1, 0.15) is 5.76 Å². The van der Waals surface area contributed by atoms with Gasteiger partial charge in [-0.25, -0.2) is 4.98 Å². The van der Waals surface area contributed by atoms with Gasteiger partial charge in [0, 0.05) is 25.7 Å². The molecule has 1 aliphatic heterocycles. The molecule has 0 radical (unpaired) electrons. The molecule has 2 aromatic heterocycles. The van der Waals surface area contributed by atoms with Gasteiger partial charge in [0.05, 0.1) is 29.0 Å². The van der Waals surface area contributed by atoms with Crippen LogP contribution in [0.25, 0.3) is 0 Å². The molecule has 106 valence electrons. The first-order valence-corrected chi connectivity index (χ1v) is 7.97. The van der Waals surface area contributed by atoms with Gasteiger partial charge in [-0.05, 0) is 35.2 Å². The minimum absolute atomic E-state index is 0.478. The van der Waals surface area contributed by atoms with Gasteiger partial charge in [0.2, 0.25) is 5.89 Å². The van der Waals surface area contributed by atoms with Crippen LogP contribution in [-0.4, -0.2) is 32.8 Å². The number of likely N-dealkylation sites (tertiary alicyclic amines) is 1. The van der Waals surface area contributed by atoms with Gasteiger partial charge in [-0.3, -0.25) is 9.58 Å². The highest BCUT2D eigenvalue weighted by Crippen LogP contribution is 2.26. The molecule has 0 bridgehead atoms. The van der Waals surface area contributed by atoms with Gasteiger partial charge in [-0.1, -0.05) is 0 Å². The standard InChI is InChI=1S/C14H17BrN4O/c15-10-5-16-19(6-10)11-7-18(8-11)9-14-17-12-3-1-2-4-13(12)20-14/h5-6,11H,1-4,7-9H2. The molecular formula is C14H17BrN4O. The Morgan fingerprint density at radius 1 is 1.30 bits per heavy atom. The molecule has 0 N–H and O–H groups in total. The lowest BCUT2D eigenvalue weighted by atomic mass is 10.0. The van der Waals surface area contributed by atoms with Gasteiger partial charge in [0.15, 0.2) is 0 Å². The number of fused-ring (bicyclic) bond motifs is 1. The molecule has 0 spiro atoms. The van der Waals surface area contributed by atoms with E-state index in [9.17, 15) is 0 Å². The Bertz CT molecular complexity index is 591. The summed E-state index contributed by atoms with van der Waals surface area (Å²) in [6.45, 7) is 2.86. The van der Waals surface area contributed by atoms with E-state index >= 15 is 0 Å². The molecule has 2 aliphatic rings. The highest BCUT2D eigenvalue weighted by molar-refractivity contribution is 9.10. The van der Waals surface area contributed by atoms with Crippen molar-refractivity contribution in [2.24, 2.45) is 0 Å². The monoisotopic (exact) mass is 336 g/mol. The molecule has 5 nitrogen and oxygen atoms in total.